The summed E-state index contributed by atoms with van der Waals surface area (Å²) in [5.74, 6) is -0.439. The second-order valence-corrected chi connectivity index (χ2v) is 3.78. The zero-order valence-electron chi connectivity index (χ0n) is 9.60. The molecule has 2 rings (SSSR count). The number of nitrogens with one attached hydrogen (secondary N) is 2. The third kappa shape index (κ3) is 1.90. The van der Waals surface area contributed by atoms with Gasteiger partial charge < -0.3 is 10.1 Å². The maximum absolute atomic E-state index is 11.5. The highest BCUT2D eigenvalue weighted by atomic mass is 16.6. The molecule has 0 aliphatic carbocycles. The van der Waals surface area contributed by atoms with Crippen LogP contribution >= 0.6 is 0 Å². The van der Waals surface area contributed by atoms with E-state index in [0.717, 1.165) is 6.42 Å². The van der Waals surface area contributed by atoms with E-state index >= 15 is 0 Å². The van der Waals surface area contributed by atoms with Crippen molar-refractivity contribution in [3.05, 3.63) is 31.0 Å². The van der Waals surface area contributed by atoms with Crippen LogP contribution in [-0.4, -0.2) is 24.4 Å². The lowest BCUT2D eigenvalue weighted by Gasteiger charge is -2.00. The fourth-order valence-corrected chi connectivity index (χ4v) is 1.69. The molecule has 0 unspecified atom stereocenters. The van der Waals surface area contributed by atoms with Gasteiger partial charge in [-0.05, 0) is 11.3 Å². The van der Waals surface area contributed by atoms with E-state index in [4.69, 9.17) is 0 Å². The molecule has 2 aromatic heterocycles. The summed E-state index contributed by atoms with van der Waals surface area (Å²) >= 11 is 0. The van der Waals surface area contributed by atoms with E-state index in [1.165, 1.54) is 4.57 Å². The molecule has 96 valence electrons. The number of unbranched alkanes of at least 4 members (excludes halogenated alkanes) is 1. The van der Waals surface area contributed by atoms with Gasteiger partial charge in [0.2, 0.25) is 5.65 Å². The number of rotatable bonds is 4. The Morgan fingerprint density at radius 1 is 1.39 bits per heavy atom. The van der Waals surface area contributed by atoms with Crippen LogP contribution in [0.15, 0.2) is 9.59 Å². The quantitative estimate of drug-likeness (QED) is 0.591. The summed E-state index contributed by atoms with van der Waals surface area (Å²) in [7, 11) is 0. The van der Waals surface area contributed by atoms with Crippen molar-refractivity contribution >= 4 is 17.1 Å². The number of hydrogen-bond acceptors (Lipinski definition) is 5. The van der Waals surface area contributed by atoms with Gasteiger partial charge in [-0.3, -0.25) is 14.8 Å². The predicted molar refractivity (Wildman–Crippen MR) is 62.5 cm³/mol. The molecule has 0 saturated carbocycles. The van der Waals surface area contributed by atoms with Crippen LogP contribution < -0.4 is 11.2 Å². The van der Waals surface area contributed by atoms with E-state index in [-0.39, 0.29) is 11.2 Å². The number of aromatic amines is 2. The number of hydrogen-bond donors (Lipinski definition) is 2. The SMILES string of the molecule is CCCCn1c([N+](=O)[O-])nc2c(=O)[nH]c(=O)[nH]c21. The lowest BCUT2D eigenvalue weighted by molar-refractivity contribution is -0.396. The van der Waals surface area contributed by atoms with E-state index in [0.29, 0.717) is 13.0 Å². The Labute approximate surface area is 99.6 Å². The highest BCUT2D eigenvalue weighted by Crippen LogP contribution is 2.16. The van der Waals surface area contributed by atoms with Gasteiger partial charge in [0.15, 0.2) is 0 Å². The molecule has 0 spiro atoms. The van der Waals surface area contributed by atoms with Crippen LogP contribution in [0, 0.1) is 10.1 Å². The average molecular weight is 253 g/mol. The van der Waals surface area contributed by atoms with Gasteiger partial charge in [0.05, 0.1) is 6.54 Å². The zero-order valence-corrected chi connectivity index (χ0v) is 9.60. The Bertz CT molecular complexity index is 710. The van der Waals surface area contributed by atoms with Crippen molar-refractivity contribution in [3.8, 4) is 0 Å². The molecular formula is C9H11N5O4. The Morgan fingerprint density at radius 2 is 2.11 bits per heavy atom. The Kier molecular flexibility index (Phi) is 2.96. The number of fused-ring (bicyclic) bond motifs is 1. The predicted octanol–water partition coefficient (Wildman–Crippen LogP) is 0.121. The summed E-state index contributed by atoms with van der Waals surface area (Å²) in [6.07, 6.45) is 1.51. The third-order valence-electron chi connectivity index (χ3n) is 2.52. The first-order chi connectivity index (χ1) is 8.54. The highest BCUT2D eigenvalue weighted by molar-refractivity contribution is 5.71. The van der Waals surface area contributed by atoms with Crippen molar-refractivity contribution in [2.45, 2.75) is 26.3 Å². The zero-order chi connectivity index (χ0) is 13.3. The largest absolute Gasteiger partial charge is 0.437 e. The monoisotopic (exact) mass is 253 g/mol. The van der Waals surface area contributed by atoms with Crippen molar-refractivity contribution in [2.24, 2.45) is 0 Å². The van der Waals surface area contributed by atoms with Gasteiger partial charge in [-0.1, -0.05) is 18.3 Å². The van der Waals surface area contributed by atoms with Crippen molar-refractivity contribution < 1.29 is 4.92 Å². The Hall–Kier alpha value is -2.45. The third-order valence-corrected chi connectivity index (χ3v) is 2.52. The van der Waals surface area contributed by atoms with Crippen LogP contribution in [0.4, 0.5) is 5.95 Å². The number of nitro groups is 1. The molecular weight excluding hydrogens is 242 g/mol. The number of aryl methyl sites for hydroxylation is 1. The molecule has 2 heterocycles. The molecule has 0 fully saturated rings. The van der Waals surface area contributed by atoms with Crippen LogP contribution in [0.2, 0.25) is 0 Å². The van der Waals surface area contributed by atoms with Crippen LogP contribution in [0.3, 0.4) is 0 Å². The second-order valence-electron chi connectivity index (χ2n) is 3.78. The van der Waals surface area contributed by atoms with Crippen LogP contribution in [0.5, 0.6) is 0 Å². The van der Waals surface area contributed by atoms with E-state index in [2.05, 4.69) is 9.97 Å². The molecule has 0 atom stereocenters. The first kappa shape index (κ1) is 12.0. The van der Waals surface area contributed by atoms with Gasteiger partial charge in [0.25, 0.3) is 11.1 Å². The molecule has 0 aliphatic rings. The fraction of sp³-hybridized carbons (Fsp3) is 0.444. The van der Waals surface area contributed by atoms with Crippen LogP contribution in [0.1, 0.15) is 19.8 Å². The lowest BCUT2D eigenvalue weighted by atomic mass is 10.3. The normalized spacial score (nSPS) is 10.9. The van der Waals surface area contributed by atoms with Crippen LogP contribution in [0.25, 0.3) is 11.2 Å². The van der Waals surface area contributed by atoms with Crippen molar-refractivity contribution in [1.82, 2.24) is 19.5 Å². The molecule has 2 N–H and O–H groups in total. The lowest BCUT2D eigenvalue weighted by Crippen LogP contribution is -2.22. The summed E-state index contributed by atoms with van der Waals surface area (Å²) in [6.45, 7) is 2.25. The van der Waals surface area contributed by atoms with Gasteiger partial charge in [-0.15, -0.1) is 0 Å². The Balaban J connectivity index is 2.76. The highest BCUT2D eigenvalue weighted by Gasteiger charge is 2.24. The van der Waals surface area contributed by atoms with Crippen molar-refractivity contribution in [1.29, 1.82) is 0 Å². The van der Waals surface area contributed by atoms with E-state index in [1.54, 1.807) is 0 Å². The second kappa shape index (κ2) is 4.43. The molecule has 0 aromatic carbocycles. The minimum atomic E-state index is -0.730. The van der Waals surface area contributed by atoms with E-state index in [1.807, 2.05) is 11.9 Å². The number of imidazole rings is 1. The summed E-state index contributed by atoms with van der Waals surface area (Å²) in [4.78, 5) is 40.9. The number of aromatic nitrogens is 4. The fourth-order valence-electron chi connectivity index (χ4n) is 1.69. The maximum atomic E-state index is 11.5. The first-order valence-corrected chi connectivity index (χ1v) is 5.41. The topological polar surface area (TPSA) is 127 Å². The van der Waals surface area contributed by atoms with E-state index < -0.39 is 22.1 Å². The van der Waals surface area contributed by atoms with Gasteiger partial charge in [0, 0.05) is 0 Å². The summed E-state index contributed by atoms with van der Waals surface area (Å²) < 4.78 is 1.25. The molecule has 0 aliphatic heterocycles. The Morgan fingerprint density at radius 3 is 2.72 bits per heavy atom. The minimum Gasteiger partial charge on any atom is -0.390 e. The molecule has 9 heteroatoms. The molecule has 0 bridgehead atoms. The summed E-state index contributed by atoms with van der Waals surface area (Å²) in [6, 6.07) is 0. The van der Waals surface area contributed by atoms with Crippen molar-refractivity contribution in [3.63, 3.8) is 0 Å². The average Bonchev–Trinajstić information content (AvgIpc) is 2.65. The van der Waals surface area contributed by atoms with E-state index in [9.17, 15) is 19.7 Å². The molecule has 9 nitrogen and oxygen atoms in total. The maximum Gasteiger partial charge on any atom is 0.437 e. The molecule has 0 saturated heterocycles. The molecule has 0 amide bonds. The van der Waals surface area contributed by atoms with Gasteiger partial charge in [-0.25, -0.2) is 9.36 Å². The van der Waals surface area contributed by atoms with Crippen LogP contribution in [-0.2, 0) is 6.54 Å². The molecule has 18 heavy (non-hydrogen) atoms. The smallest absolute Gasteiger partial charge is 0.390 e. The van der Waals surface area contributed by atoms with Gasteiger partial charge >= 0.3 is 11.6 Å². The van der Waals surface area contributed by atoms with Crippen molar-refractivity contribution in [2.75, 3.05) is 0 Å². The van der Waals surface area contributed by atoms with Gasteiger partial charge in [0.1, 0.15) is 0 Å². The minimum absolute atomic E-state index is 0.0869. The van der Waals surface area contributed by atoms with Gasteiger partial charge in [-0.2, -0.15) is 0 Å². The summed E-state index contributed by atoms with van der Waals surface area (Å²) in [5, 5.41) is 10.9. The molecule has 2 aromatic rings. The summed E-state index contributed by atoms with van der Waals surface area (Å²) in [5.41, 5.74) is -1.48. The standard InChI is InChI=1S/C9H11N5O4/c1-2-3-4-13-6-5(10-9(13)14(17)18)7(15)12-8(16)11-6/h2-4H2,1H3,(H2,11,12,15,16). The molecule has 0 radical (unpaired) electrons. The first-order valence-electron chi connectivity index (χ1n) is 5.41. The number of H-pyrrole nitrogens is 2. The number of nitrogens with zero attached hydrogens (tertiary/aromatic N) is 3.